The van der Waals surface area contributed by atoms with E-state index in [2.05, 4.69) is 4.72 Å². The molecule has 0 atom stereocenters. The number of carbonyl (C=O) groups is 2. The molecular formula is C21H22Cl2N2O5S. The average molecular weight is 485 g/mol. The summed E-state index contributed by atoms with van der Waals surface area (Å²) >= 11 is 12.0. The van der Waals surface area contributed by atoms with E-state index in [1.807, 2.05) is 0 Å². The number of amides is 1. The van der Waals surface area contributed by atoms with Crippen LogP contribution in [0.1, 0.15) is 30.1 Å². The van der Waals surface area contributed by atoms with Crippen LogP contribution >= 0.6 is 23.2 Å². The number of likely N-dealkylation sites (tertiary alicyclic amines) is 1. The fourth-order valence-corrected chi connectivity index (χ4v) is 4.72. The lowest BCUT2D eigenvalue weighted by Gasteiger charge is -2.31. The number of hydrogen-bond donors (Lipinski definition) is 1. The molecule has 31 heavy (non-hydrogen) atoms. The molecule has 0 aliphatic carbocycles. The van der Waals surface area contributed by atoms with E-state index in [-0.39, 0.29) is 33.3 Å². The van der Waals surface area contributed by atoms with Gasteiger partial charge in [-0.1, -0.05) is 23.2 Å². The van der Waals surface area contributed by atoms with Crippen molar-refractivity contribution in [1.82, 2.24) is 4.90 Å². The van der Waals surface area contributed by atoms with Crippen molar-refractivity contribution in [3.63, 3.8) is 0 Å². The number of halogens is 2. The second-order valence-corrected chi connectivity index (χ2v) is 9.60. The summed E-state index contributed by atoms with van der Waals surface area (Å²) in [6.07, 6.45) is 0.969. The van der Waals surface area contributed by atoms with Crippen LogP contribution in [0.15, 0.2) is 47.4 Å². The molecule has 2 aromatic rings. The van der Waals surface area contributed by atoms with Crippen LogP contribution in [-0.4, -0.2) is 44.9 Å². The highest BCUT2D eigenvalue weighted by atomic mass is 35.5. The number of esters is 1. The van der Waals surface area contributed by atoms with Gasteiger partial charge < -0.3 is 9.64 Å². The van der Waals surface area contributed by atoms with Crippen molar-refractivity contribution < 1.29 is 22.7 Å². The number of carbonyl (C=O) groups excluding carboxylic acids is 2. The minimum Gasteiger partial charge on any atom is -0.466 e. The molecule has 1 aliphatic rings. The molecule has 1 aliphatic heterocycles. The van der Waals surface area contributed by atoms with Crippen molar-refractivity contribution in [1.29, 1.82) is 0 Å². The topological polar surface area (TPSA) is 92.8 Å². The number of nitrogens with one attached hydrogen (secondary N) is 1. The van der Waals surface area contributed by atoms with Crippen molar-refractivity contribution in [2.24, 2.45) is 5.92 Å². The van der Waals surface area contributed by atoms with Crippen LogP contribution in [0.2, 0.25) is 10.0 Å². The van der Waals surface area contributed by atoms with Crippen LogP contribution in [0.3, 0.4) is 0 Å². The Bertz CT molecular complexity index is 1070. The Hall–Kier alpha value is -2.29. The Labute approximate surface area is 191 Å². The fourth-order valence-electron chi connectivity index (χ4n) is 3.32. The molecular weight excluding hydrogens is 463 g/mol. The Morgan fingerprint density at radius 3 is 2.35 bits per heavy atom. The molecule has 7 nitrogen and oxygen atoms in total. The maximum atomic E-state index is 13.0. The number of hydrogen-bond acceptors (Lipinski definition) is 5. The number of ether oxygens (including phenoxy) is 1. The van der Waals surface area contributed by atoms with Crippen molar-refractivity contribution in [3.05, 3.63) is 58.1 Å². The van der Waals surface area contributed by atoms with E-state index in [1.165, 1.54) is 30.3 Å². The van der Waals surface area contributed by atoms with E-state index in [9.17, 15) is 18.0 Å². The Morgan fingerprint density at radius 1 is 1.10 bits per heavy atom. The van der Waals surface area contributed by atoms with Gasteiger partial charge in [0.15, 0.2) is 0 Å². The first-order valence-electron chi connectivity index (χ1n) is 9.75. The van der Waals surface area contributed by atoms with E-state index < -0.39 is 10.0 Å². The van der Waals surface area contributed by atoms with Crippen LogP contribution in [0.25, 0.3) is 0 Å². The second kappa shape index (κ2) is 9.89. The Balaban J connectivity index is 1.75. The minimum atomic E-state index is -3.94. The molecule has 166 valence electrons. The van der Waals surface area contributed by atoms with E-state index in [0.29, 0.717) is 43.2 Å². The largest absolute Gasteiger partial charge is 0.466 e. The molecule has 0 bridgehead atoms. The number of nitrogens with zero attached hydrogens (tertiary/aromatic N) is 1. The summed E-state index contributed by atoms with van der Waals surface area (Å²) in [5.41, 5.74) is 0.434. The summed E-state index contributed by atoms with van der Waals surface area (Å²) in [5.74, 6) is -0.875. The SMILES string of the molecule is CCOC(=O)C1CCN(C(=O)c2cc(S(=O)(=O)Nc3ccc(Cl)cc3)ccc2Cl)CC1. The first kappa shape index (κ1) is 23.4. The van der Waals surface area contributed by atoms with E-state index >= 15 is 0 Å². The van der Waals surface area contributed by atoms with Gasteiger partial charge in [-0.25, -0.2) is 8.42 Å². The third kappa shape index (κ3) is 5.70. The summed E-state index contributed by atoms with van der Waals surface area (Å²) in [6.45, 7) is 2.79. The van der Waals surface area contributed by atoms with Gasteiger partial charge in [0.1, 0.15) is 0 Å². The molecule has 0 aromatic heterocycles. The molecule has 1 amide bonds. The smallest absolute Gasteiger partial charge is 0.309 e. The summed E-state index contributed by atoms with van der Waals surface area (Å²) in [4.78, 5) is 26.4. The molecule has 0 unspecified atom stereocenters. The highest BCUT2D eigenvalue weighted by Gasteiger charge is 2.30. The lowest BCUT2D eigenvalue weighted by Crippen LogP contribution is -2.40. The Kier molecular flexibility index (Phi) is 7.46. The second-order valence-electron chi connectivity index (χ2n) is 7.07. The first-order valence-corrected chi connectivity index (χ1v) is 12.0. The predicted molar refractivity (Wildman–Crippen MR) is 119 cm³/mol. The lowest BCUT2D eigenvalue weighted by molar-refractivity contribution is -0.149. The average Bonchev–Trinajstić information content (AvgIpc) is 2.75. The summed E-state index contributed by atoms with van der Waals surface area (Å²) in [7, 11) is -3.94. The standard InChI is InChI=1S/C21H22Cl2N2O5S/c1-2-30-21(27)14-9-11-25(12-10-14)20(26)18-13-17(7-8-19(18)23)31(28,29)24-16-5-3-15(22)4-6-16/h3-8,13-14,24H,2,9-12H2,1H3. The molecule has 2 aromatic carbocycles. The molecule has 10 heteroatoms. The molecule has 0 radical (unpaired) electrons. The normalized spacial score (nSPS) is 14.9. The summed E-state index contributed by atoms with van der Waals surface area (Å²) in [6, 6.07) is 10.2. The van der Waals surface area contributed by atoms with Gasteiger partial charge in [-0.05, 0) is 62.2 Å². The number of piperidine rings is 1. The highest BCUT2D eigenvalue weighted by Crippen LogP contribution is 2.26. The van der Waals surface area contributed by atoms with E-state index in [4.69, 9.17) is 27.9 Å². The molecule has 1 heterocycles. The molecule has 0 spiro atoms. The van der Waals surface area contributed by atoms with Gasteiger partial charge in [0.2, 0.25) is 0 Å². The van der Waals surface area contributed by atoms with Gasteiger partial charge >= 0.3 is 5.97 Å². The molecule has 3 rings (SSSR count). The van der Waals surface area contributed by atoms with Crippen LogP contribution in [0.4, 0.5) is 5.69 Å². The van der Waals surface area contributed by atoms with Gasteiger partial charge in [-0.3, -0.25) is 14.3 Å². The monoisotopic (exact) mass is 484 g/mol. The predicted octanol–water partition coefficient (Wildman–Crippen LogP) is 4.21. The molecule has 1 N–H and O–H groups in total. The summed E-state index contributed by atoms with van der Waals surface area (Å²) < 4.78 is 33.0. The van der Waals surface area contributed by atoms with Gasteiger partial charge in [0.25, 0.3) is 15.9 Å². The van der Waals surface area contributed by atoms with Gasteiger partial charge in [-0.2, -0.15) is 0 Å². The van der Waals surface area contributed by atoms with E-state index in [1.54, 1.807) is 24.0 Å². The zero-order valence-corrected chi connectivity index (χ0v) is 19.1. The molecule has 0 saturated carbocycles. The van der Waals surface area contributed by atoms with Crippen LogP contribution in [0.5, 0.6) is 0 Å². The number of anilines is 1. The third-order valence-electron chi connectivity index (χ3n) is 4.98. The van der Waals surface area contributed by atoms with Gasteiger partial charge in [0.05, 0.1) is 28.0 Å². The van der Waals surface area contributed by atoms with Crippen molar-refractivity contribution in [2.45, 2.75) is 24.7 Å². The zero-order valence-electron chi connectivity index (χ0n) is 16.8. The first-order chi connectivity index (χ1) is 14.7. The maximum absolute atomic E-state index is 13.0. The van der Waals surface area contributed by atoms with Crippen molar-refractivity contribution >= 4 is 50.8 Å². The zero-order chi connectivity index (χ0) is 22.6. The fraction of sp³-hybridized carbons (Fsp3) is 0.333. The van der Waals surface area contributed by atoms with E-state index in [0.717, 1.165) is 0 Å². The molecule has 1 saturated heterocycles. The quantitative estimate of drug-likeness (QED) is 0.619. The maximum Gasteiger partial charge on any atom is 0.309 e. The van der Waals surface area contributed by atoms with Crippen molar-refractivity contribution in [2.75, 3.05) is 24.4 Å². The minimum absolute atomic E-state index is 0.0865. The van der Waals surface area contributed by atoms with Crippen LogP contribution in [-0.2, 0) is 19.6 Å². The van der Waals surface area contributed by atoms with Gasteiger partial charge in [-0.15, -0.1) is 0 Å². The number of rotatable bonds is 6. The van der Waals surface area contributed by atoms with Crippen molar-refractivity contribution in [3.8, 4) is 0 Å². The number of benzene rings is 2. The lowest BCUT2D eigenvalue weighted by atomic mass is 9.96. The van der Waals surface area contributed by atoms with Gasteiger partial charge in [0, 0.05) is 23.8 Å². The van der Waals surface area contributed by atoms with Crippen LogP contribution < -0.4 is 4.72 Å². The molecule has 1 fully saturated rings. The highest BCUT2D eigenvalue weighted by molar-refractivity contribution is 7.92. The summed E-state index contributed by atoms with van der Waals surface area (Å²) in [5, 5.41) is 0.636. The van der Waals surface area contributed by atoms with Crippen LogP contribution in [0, 0.1) is 5.92 Å². The number of sulfonamides is 1. The Morgan fingerprint density at radius 2 is 1.74 bits per heavy atom. The third-order valence-corrected chi connectivity index (χ3v) is 6.94.